The quantitative estimate of drug-likeness (QED) is 0.525. The van der Waals surface area contributed by atoms with Crippen LogP contribution in [0.25, 0.3) is 0 Å². The zero-order chi connectivity index (χ0) is 25.3. The van der Waals surface area contributed by atoms with Crippen LogP contribution in [0.15, 0.2) is 23.4 Å². The highest BCUT2D eigenvalue weighted by Crippen LogP contribution is 2.40. The maximum Gasteiger partial charge on any atom is 0.435 e. The maximum absolute atomic E-state index is 13.3. The molecule has 5 rings (SSSR count). The molecule has 1 unspecified atom stereocenters. The van der Waals surface area contributed by atoms with Crippen molar-refractivity contribution in [1.82, 2.24) is 25.1 Å². The van der Waals surface area contributed by atoms with Crippen molar-refractivity contribution in [1.29, 1.82) is 0 Å². The first-order valence-electron chi connectivity index (χ1n) is 12.0. The van der Waals surface area contributed by atoms with Crippen molar-refractivity contribution in [3.63, 3.8) is 0 Å². The Labute approximate surface area is 205 Å². The van der Waals surface area contributed by atoms with Gasteiger partial charge in [0.05, 0.1) is 43.7 Å². The summed E-state index contributed by atoms with van der Waals surface area (Å²) >= 11 is 0. The number of carbonyl (C=O) groups is 1. The summed E-state index contributed by atoms with van der Waals surface area (Å²) in [6, 6.07) is 4.19. The molecule has 1 saturated carbocycles. The molecule has 0 aromatic carbocycles. The first-order chi connectivity index (χ1) is 17.3. The fraction of sp³-hybridized carbons (Fsp3) is 0.565. The second-order valence-corrected chi connectivity index (χ2v) is 9.11. The van der Waals surface area contributed by atoms with Crippen LogP contribution in [0, 0.1) is 0 Å². The molecule has 1 saturated heterocycles. The lowest BCUT2D eigenvalue weighted by molar-refractivity contribution is -0.143. The number of fused-ring (bicyclic) bond motifs is 1. The van der Waals surface area contributed by atoms with Crippen molar-refractivity contribution in [3.05, 3.63) is 40.8 Å². The summed E-state index contributed by atoms with van der Waals surface area (Å²) in [5.41, 5.74) is 2.04. The zero-order valence-electron chi connectivity index (χ0n) is 19.6. The van der Waals surface area contributed by atoms with E-state index in [4.69, 9.17) is 4.74 Å². The van der Waals surface area contributed by atoms with Crippen molar-refractivity contribution in [2.45, 2.75) is 44.1 Å². The van der Waals surface area contributed by atoms with E-state index < -0.39 is 18.1 Å². The van der Waals surface area contributed by atoms with Crippen LogP contribution in [-0.2, 0) is 22.3 Å². The van der Waals surface area contributed by atoms with E-state index >= 15 is 0 Å². The molecule has 1 aliphatic carbocycles. The number of pyridine rings is 1. The summed E-state index contributed by atoms with van der Waals surface area (Å²) in [5.74, 6) is 1.58. The summed E-state index contributed by atoms with van der Waals surface area (Å²) in [6.45, 7) is 2.84. The Morgan fingerprint density at radius 2 is 1.94 bits per heavy atom. The van der Waals surface area contributed by atoms with Crippen LogP contribution in [-0.4, -0.2) is 76.3 Å². The molecule has 13 heteroatoms. The molecule has 2 aromatic heterocycles. The topological polar surface area (TPSA) is 108 Å². The molecule has 1 atom stereocenters. The Kier molecular flexibility index (Phi) is 6.84. The number of aliphatic hydroxyl groups is 1. The van der Waals surface area contributed by atoms with Crippen molar-refractivity contribution in [3.8, 4) is 0 Å². The van der Waals surface area contributed by atoms with Gasteiger partial charge in [-0.2, -0.15) is 23.4 Å². The first-order valence-corrected chi connectivity index (χ1v) is 12.0. The van der Waals surface area contributed by atoms with Crippen LogP contribution in [0.1, 0.15) is 53.9 Å². The molecule has 3 aliphatic rings. The average molecular weight is 508 g/mol. The molecule has 36 heavy (non-hydrogen) atoms. The first kappa shape index (κ1) is 24.5. The minimum atomic E-state index is -4.71. The minimum Gasteiger partial charge on any atom is -0.379 e. The van der Waals surface area contributed by atoms with E-state index in [-0.39, 0.29) is 43.3 Å². The Hall–Kier alpha value is -3.19. The van der Waals surface area contributed by atoms with Gasteiger partial charge in [0.2, 0.25) is 5.91 Å². The molecule has 0 spiro atoms. The number of aliphatic hydroxyl groups excluding tert-OH is 1. The van der Waals surface area contributed by atoms with E-state index in [1.165, 1.54) is 24.6 Å². The number of halogens is 3. The van der Waals surface area contributed by atoms with Gasteiger partial charge in [0.15, 0.2) is 11.9 Å². The van der Waals surface area contributed by atoms with Gasteiger partial charge < -0.3 is 19.6 Å². The highest BCUT2D eigenvalue weighted by molar-refractivity contribution is 5.81. The van der Waals surface area contributed by atoms with Crippen molar-refractivity contribution < 1.29 is 27.8 Å². The van der Waals surface area contributed by atoms with E-state index in [9.17, 15) is 23.1 Å². The molecular weight excluding hydrogens is 479 g/mol. The smallest absolute Gasteiger partial charge is 0.379 e. The number of amides is 1. The molecule has 1 amide bonds. The third kappa shape index (κ3) is 5.31. The molecule has 2 N–H and O–H groups in total. The average Bonchev–Trinajstić information content (AvgIpc) is 3.64. The number of anilines is 1. The highest BCUT2D eigenvalue weighted by atomic mass is 19.4. The van der Waals surface area contributed by atoms with Gasteiger partial charge >= 0.3 is 6.18 Å². The van der Waals surface area contributed by atoms with E-state index in [2.05, 4.69) is 37.6 Å². The zero-order valence-corrected chi connectivity index (χ0v) is 19.6. The molecule has 2 aliphatic heterocycles. The summed E-state index contributed by atoms with van der Waals surface area (Å²) < 4.78 is 46.5. The lowest BCUT2D eigenvalue weighted by Gasteiger charge is -2.35. The number of hydrogen-bond acceptors (Lipinski definition) is 8. The summed E-state index contributed by atoms with van der Waals surface area (Å²) in [6.07, 6.45) is -0.493. The lowest BCUT2D eigenvalue weighted by Crippen LogP contribution is -2.49. The predicted octanol–water partition coefficient (Wildman–Crippen LogP) is 1.86. The lowest BCUT2D eigenvalue weighted by atomic mass is 10.1. The van der Waals surface area contributed by atoms with Crippen LogP contribution < -0.4 is 10.3 Å². The standard InChI is InChI=1S/C23H28F3N7O3/c24-23(25,26)21-20-17(14-28-29-22(20)35)33(30-21)10-12-36-11-5-19(34)32-8-6-31(7-9-32)18-4-3-16(13-27-18)15-1-2-15/h3-4,13-15,22,29,35H,1-2,5-12H2. The van der Waals surface area contributed by atoms with Crippen molar-refractivity contribution in [2.75, 3.05) is 44.3 Å². The number of rotatable bonds is 8. The normalized spacial score (nSPS) is 19.8. The number of alkyl halides is 3. The van der Waals surface area contributed by atoms with Gasteiger partial charge in [0.1, 0.15) is 5.82 Å². The molecule has 0 bridgehead atoms. The van der Waals surface area contributed by atoms with Crippen LogP contribution in [0.3, 0.4) is 0 Å². The number of ether oxygens (including phenoxy) is 1. The summed E-state index contributed by atoms with van der Waals surface area (Å²) in [4.78, 5) is 21.1. The molecule has 4 heterocycles. The van der Waals surface area contributed by atoms with E-state index in [0.29, 0.717) is 32.1 Å². The van der Waals surface area contributed by atoms with Crippen molar-refractivity contribution >= 4 is 17.9 Å². The molecule has 10 nitrogen and oxygen atoms in total. The van der Waals surface area contributed by atoms with Gasteiger partial charge in [0, 0.05) is 32.4 Å². The van der Waals surface area contributed by atoms with Gasteiger partial charge in [-0.25, -0.2) is 4.98 Å². The second-order valence-electron chi connectivity index (χ2n) is 9.11. The number of hydrazone groups is 1. The summed E-state index contributed by atoms with van der Waals surface area (Å²) in [7, 11) is 0. The Balaban J connectivity index is 1.05. The third-order valence-electron chi connectivity index (χ3n) is 6.64. The monoisotopic (exact) mass is 507 g/mol. The highest BCUT2D eigenvalue weighted by Gasteiger charge is 2.41. The predicted molar refractivity (Wildman–Crippen MR) is 123 cm³/mol. The van der Waals surface area contributed by atoms with Crippen LogP contribution in [0.4, 0.5) is 19.0 Å². The van der Waals surface area contributed by atoms with Gasteiger partial charge in [-0.1, -0.05) is 6.07 Å². The largest absolute Gasteiger partial charge is 0.435 e. The minimum absolute atomic E-state index is 0.0242. The molecular formula is C23H28F3N7O3. The second kappa shape index (κ2) is 10.1. The fourth-order valence-electron chi connectivity index (χ4n) is 4.51. The van der Waals surface area contributed by atoms with Gasteiger partial charge in [-0.15, -0.1) is 0 Å². The molecule has 0 radical (unpaired) electrons. The number of nitrogens with one attached hydrogen (secondary N) is 1. The van der Waals surface area contributed by atoms with Gasteiger partial charge in [0.25, 0.3) is 0 Å². The fourth-order valence-corrected chi connectivity index (χ4v) is 4.51. The van der Waals surface area contributed by atoms with E-state index in [1.807, 2.05) is 6.20 Å². The number of hydrogen-bond donors (Lipinski definition) is 2. The maximum atomic E-state index is 13.3. The number of carbonyl (C=O) groups excluding carboxylic acids is 1. The molecule has 2 fully saturated rings. The summed E-state index contributed by atoms with van der Waals surface area (Å²) in [5, 5.41) is 17.1. The molecule has 2 aromatic rings. The Bertz CT molecular complexity index is 1110. The third-order valence-corrected chi connectivity index (χ3v) is 6.64. The number of aromatic nitrogens is 3. The van der Waals surface area contributed by atoms with Gasteiger partial charge in [-0.05, 0) is 30.4 Å². The molecule has 194 valence electrons. The number of nitrogens with zero attached hydrogens (tertiary/aromatic N) is 6. The van der Waals surface area contributed by atoms with Crippen LogP contribution >= 0.6 is 0 Å². The Morgan fingerprint density at radius 1 is 1.17 bits per heavy atom. The van der Waals surface area contributed by atoms with Crippen LogP contribution in [0.5, 0.6) is 0 Å². The Morgan fingerprint density at radius 3 is 2.61 bits per heavy atom. The number of piperazine rings is 1. The van der Waals surface area contributed by atoms with Gasteiger partial charge in [-0.3, -0.25) is 14.9 Å². The SMILES string of the molecule is O=C(CCOCCn1nc(C(F)(F)F)c2c1C=NNC2O)N1CCN(c2ccc(C3CC3)cn2)CC1. The van der Waals surface area contributed by atoms with E-state index in [1.54, 1.807) is 4.90 Å². The van der Waals surface area contributed by atoms with Crippen LogP contribution in [0.2, 0.25) is 0 Å². The van der Waals surface area contributed by atoms with Crippen molar-refractivity contribution in [2.24, 2.45) is 5.10 Å². The van der Waals surface area contributed by atoms with E-state index in [0.717, 1.165) is 10.5 Å².